The smallest absolute Gasteiger partial charge is 0.135 e. The quantitative estimate of drug-likeness (QED) is 0.0997. The second-order valence-electron chi connectivity index (χ2n) is 22.8. The van der Waals surface area contributed by atoms with Crippen LogP contribution in [0.15, 0.2) is 195 Å². The van der Waals surface area contributed by atoms with Gasteiger partial charge in [-0.05, 0) is 107 Å². The first-order valence-electron chi connectivity index (χ1n) is 27.5. The fourth-order valence-electron chi connectivity index (χ4n) is 9.75. The van der Waals surface area contributed by atoms with Gasteiger partial charge < -0.3 is 29.4 Å². The molecule has 0 saturated heterocycles. The summed E-state index contributed by atoms with van der Waals surface area (Å²) in [5.74, 6) is 17.5. The van der Waals surface area contributed by atoms with Gasteiger partial charge in [-0.15, -0.1) is 6.42 Å². The maximum atomic E-state index is 5.40. The highest BCUT2D eigenvalue weighted by Gasteiger charge is 2.42. The second-order valence-corrected chi connectivity index (χ2v) is 34.4. The van der Waals surface area contributed by atoms with Crippen LogP contribution in [0.1, 0.15) is 38.9 Å². The van der Waals surface area contributed by atoms with E-state index in [1.807, 2.05) is 50.1 Å². The van der Waals surface area contributed by atoms with Crippen molar-refractivity contribution in [3.8, 4) is 36.0 Å². The standard InChI is InChI=1S/C42H46N4Si.C18H16Br2Si.C12H16N2/c1-43(2)35-25-31(26-36(29-35)44(3)4)21-23-39-41(33-17-13-11-14-18-33)42(34-19-15-12-16-20-34)40(47(39,9)10)24-22-32-27-37(45(5)6)30-38(28-32)46(7)8;1-21(2)17(19)15(13-9-5-3-6-10-13)16(18(21)20)14-11-7-4-8-12-14;1-6-10-7-11(13(2)3)9-12(8-10)14(4)5/h11-20,25-30H,1-10H3;3-12H,1-2H3;1,7-9H,2-5H3. The number of terminal acetylenes is 1. The Morgan fingerprint density at radius 1 is 0.305 bits per heavy atom. The summed E-state index contributed by atoms with van der Waals surface area (Å²) in [6.45, 7) is 9.56. The molecule has 0 saturated carbocycles. The molecule has 0 amide bonds. The third-order valence-electron chi connectivity index (χ3n) is 14.7. The summed E-state index contributed by atoms with van der Waals surface area (Å²) in [5.41, 5.74) is 19.7. The van der Waals surface area contributed by atoms with E-state index in [2.05, 4.69) is 327 Å². The molecule has 6 nitrogen and oxygen atoms in total. The lowest BCUT2D eigenvalue weighted by molar-refractivity contribution is 1.10. The Bertz CT molecular complexity index is 3450. The SMILES string of the molecule is C#Cc1cc(N(C)C)cc(N(C)C)c1.CN(C)c1cc(C#CC2=C(c3ccccc3)C(c3ccccc3)=C(C#Cc3cc(N(C)C)cc(N(C)C)c3)[Si]2(C)C)cc(N(C)C)c1.C[Si]1(C)C(Br)=C(c2ccccc2)C(c2ccccc2)=C1Br. The molecule has 418 valence electrons. The fourth-order valence-corrected chi connectivity index (χ4v) is 17.4. The number of hydrogen-bond donors (Lipinski definition) is 0. The molecule has 0 fully saturated rings. The first-order valence-corrected chi connectivity index (χ1v) is 35.0. The van der Waals surface area contributed by atoms with Gasteiger partial charge >= 0.3 is 0 Å². The Balaban J connectivity index is 0.000000224. The number of rotatable bonds is 10. The molecule has 0 atom stereocenters. The minimum atomic E-state index is -2.37. The Labute approximate surface area is 510 Å². The molecular formula is C72H78Br2N6Si2. The Kier molecular flexibility index (Phi) is 20.4. The molecule has 0 N–H and O–H groups in total. The van der Waals surface area contributed by atoms with Gasteiger partial charge in [-0.25, -0.2) is 0 Å². The highest BCUT2D eigenvalue weighted by molar-refractivity contribution is 9.14. The van der Waals surface area contributed by atoms with Gasteiger partial charge in [-0.1, -0.05) is 209 Å². The van der Waals surface area contributed by atoms with Crippen molar-refractivity contribution in [2.75, 3.05) is 114 Å². The van der Waals surface area contributed by atoms with E-state index in [0.717, 1.165) is 50.8 Å². The fraction of sp³-hybridized carbons (Fsp3) is 0.222. The third kappa shape index (κ3) is 14.3. The largest absolute Gasteiger partial charge is 0.378 e. The first-order chi connectivity index (χ1) is 38.9. The van der Waals surface area contributed by atoms with Crippen LogP contribution in [0, 0.1) is 36.0 Å². The number of halogens is 2. The Morgan fingerprint density at radius 3 is 0.768 bits per heavy atom. The van der Waals surface area contributed by atoms with Crippen molar-refractivity contribution in [1.29, 1.82) is 0 Å². The summed E-state index contributed by atoms with van der Waals surface area (Å²) in [4.78, 5) is 12.6. The third-order valence-corrected chi connectivity index (χ3v) is 27.4. The van der Waals surface area contributed by atoms with Gasteiger partial charge in [0, 0.05) is 146 Å². The average Bonchev–Trinajstić information content (AvgIpc) is 3.14. The van der Waals surface area contributed by atoms with Crippen LogP contribution in [-0.2, 0) is 0 Å². The molecule has 0 spiro atoms. The van der Waals surface area contributed by atoms with E-state index >= 15 is 0 Å². The molecule has 0 unspecified atom stereocenters. The van der Waals surface area contributed by atoms with E-state index in [1.54, 1.807) is 0 Å². The summed E-state index contributed by atoms with van der Waals surface area (Å²) >= 11 is 7.82. The highest BCUT2D eigenvalue weighted by atomic mass is 79.9. The molecule has 2 aliphatic heterocycles. The minimum Gasteiger partial charge on any atom is -0.378 e. The van der Waals surface area contributed by atoms with Crippen molar-refractivity contribution in [2.24, 2.45) is 0 Å². The zero-order valence-electron chi connectivity index (χ0n) is 50.8. The molecule has 0 bridgehead atoms. The molecular weight excluding hydrogens is 1160 g/mol. The lowest BCUT2D eigenvalue weighted by Gasteiger charge is -2.20. The normalized spacial score (nSPS) is 13.8. The maximum Gasteiger partial charge on any atom is 0.135 e. The van der Waals surface area contributed by atoms with Crippen LogP contribution in [0.2, 0.25) is 26.2 Å². The van der Waals surface area contributed by atoms with Gasteiger partial charge in [0.1, 0.15) is 16.1 Å². The first kappa shape index (κ1) is 62.0. The van der Waals surface area contributed by atoms with E-state index < -0.39 is 16.1 Å². The van der Waals surface area contributed by atoms with Crippen LogP contribution in [0.3, 0.4) is 0 Å². The molecule has 9 rings (SSSR count). The van der Waals surface area contributed by atoms with Gasteiger partial charge in [0.2, 0.25) is 0 Å². The number of allylic oxidation sites excluding steroid dienone is 6. The maximum absolute atomic E-state index is 5.40. The van der Waals surface area contributed by atoms with Gasteiger partial charge in [-0.2, -0.15) is 0 Å². The van der Waals surface area contributed by atoms with Crippen molar-refractivity contribution >= 4 is 104 Å². The van der Waals surface area contributed by atoms with Crippen molar-refractivity contribution in [3.05, 3.63) is 233 Å². The zero-order chi connectivity index (χ0) is 59.6. The lowest BCUT2D eigenvalue weighted by Crippen LogP contribution is -2.29. The summed E-state index contributed by atoms with van der Waals surface area (Å²) in [6.07, 6.45) is 5.40. The summed E-state index contributed by atoms with van der Waals surface area (Å²) in [7, 11) is 20.6. The second kappa shape index (κ2) is 27.0. The van der Waals surface area contributed by atoms with Crippen molar-refractivity contribution in [1.82, 2.24) is 0 Å². The van der Waals surface area contributed by atoms with Crippen LogP contribution in [-0.4, -0.2) is 101 Å². The molecule has 2 aliphatic rings. The van der Waals surface area contributed by atoms with Crippen molar-refractivity contribution < 1.29 is 0 Å². The number of benzene rings is 7. The van der Waals surface area contributed by atoms with Gasteiger partial charge in [0.25, 0.3) is 0 Å². The van der Waals surface area contributed by atoms with Crippen LogP contribution < -0.4 is 29.4 Å². The van der Waals surface area contributed by atoms with Crippen LogP contribution in [0.4, 0.5) is 34.1 Å². The molecule has 7 aromatic rings. The molecule has 2 heterocycles. The van der Waals surface area contributed by atoms with Crippen molar-refractivity contribution in [3.63, 3.8) is 0 Å². The predicted octanol–water partition coefficient (Wildman–Crippen LogP) is 16.3. The van der Waals surface area contributed by atoms with E-state index in [4.69, 9.17) is 6.42 Å². The topological polar surface area (TPSA) is 19.4 Å². The molecule has 0 radical (unpaired) electrons. The molecule has 82 heavy (non-hydrogen) atoms. The minimum absolute atomic E-state index is 0.917. The Morgan fingerprint density at radius 2 is 0.537 bits per heavy atom. The molecule has 10 heteroatoms. The Hall–Kier alpha value is -7.63. The van der Waals surface area contributed by atoms with Gasteiger partial charge in [0.05, 0.1) is 0 Å². The van der Waals surface area contributed by atoms with Crippen LogP contribution >= 0.6 is 31.9 Å². The van der Waals surface area contributed by atoms with Crippen LogP contribution in [0.5, 0.6) is 0 Å². The van der Waals surface area contributed by atoms with Gasteiger partial charge in [0.15, 0.2) is 0 Å². The van der Waals surface area contributed by atoms with E-state index in [0.29, 0.717) is 0 Å². The summed E-state index contributed by atoms with van der Waals surface area (Å²) < 4.78 is 2.74. The summed E-state index contributed by atoms with van der Waals surface area (Å²) in [6, 6.07) is 62.0. The van der Waals surface area contributed by atoms with Crippen LogP contribution in [0.25, 0.3) is 22.3 Å². The van der Waals surface area contributed by atoms with E-state index in [9.17, 15) is 0 Å². The molecule has 7 aromatic carbocycles. The predicted molar refractivity (Wildman–Crippen MR) is 373 cm³/mol. The average molecular weight is 1240 g/mol. The molecule has 0 aromatic heterocycles. The van der Waals surface area contributed by atoms with E-state index in [1.165, 1.54) is 63.2 Å². The van der Waals surface area contributed by atoms with Crippen molar-refractivity contribution in [2.45, 2.75) is 26.2 Å². The van der Waals surface area contributed by atoms with Gasteiger partial charge in [-0.3, -0.25) is 0 Å². The molecule has 0 aliphatic carbocycles. The van der Waals surface area contributed by atoms with E-state index in [-0.39, 0.29) is 0 Å². The lowest BCUT2D eigenvalue weighted by atomic mass is 9.91. The number of anilines is 6. The number of hydrogen-bond acceptors (Lipinski definition) is 6. The number of nitrogens with zero attached hydrogens (tertiary/aromatic N) is 6. The monoisotopic (exact) mass is 1240 g/mol. The highest BCUT2D eigenvalue weighted by Crippen LogP contribution is 2.53. The zero-order valence-corrected chi connectivity index (χ0v) is 55.9. The summed E-state index contributed by atoms with van der Waals surface area (Å²) in [5, 5.41) is 2.43.